The summed E-state index contributed by atoms with van der Waals surface area (Å²) in [5.74, 6) is 1.44. The van der Waals surface area contributed by atoms with Gasteiger partial charge in [-0.05, 0) is 71.7 Å². The molecular formula is C35H42N2O2. The zero-order valence-electron chi connectivity index (χ0n) is 23.8. The number of urea groups is 1. The van der Waals surface area contributed by atoms with Gasteiger partial charge in [0, 0.05) is 12.8 Å². The second-order valence-electron chi connectivity index (χ2n) is 10.5. The number of ether oxygens (including phenoxy) is 1. The quantitative estimate of drug-likeness (QED) is 0.225. The molecule has 4 heteroatoms. The van der Waals surface area contributed by atoms with Gasteiger partial charge in [-0.2, -0.15) is 0 Å². The molecule has 204 valence electrons. The Bertz CT molecular complexity index is 1350. The zero-order chi connectivity index (χ0) is 27.8. The molecule has 1 unspecified atom stereocenters. The fraction of sp³-hybridized carbons (Fsp3) is 0.286. The summed E-state index contributed by atoms with van der Waals surface area (Å²) < 4.78 is 5.97. The van der Waals surface area contributed by atoms with Crippen molar-refractivity contribution in [2.24, 2.45) is 0 Å². The summed E-state index contributed by atoms with van der Waals surface area (Å²) >= 11 is 0. The Balaban J connectivity index is 0.00000441. The highest BCUT2D eigenvalue weighted by Crippen LogP contribution is 2.34. The molecule has 0 aliphatic carbocycles. The van der Waals surface area contributed by atoms with Crippen molar-refractivity contribution >= 4 is 17.4 Å². The van der Waals surface area contributed by atoms with E-state index in [1.165, 1.54) is 5.56 Å². The van der Waals surface area contributed by atoms with Crippen molar-refractivity contribution in [3.63, 3.8) is 0 Å². The van der Waals surface area contributed by atoms with Crippen LogP contribution in [0.4, 0.5) is 16.2 Å². The minimum Gasteiger partial charge on any atom is -0.489 e. The van der Waals surface area contributed by atoms with Crippen LogP contribution in [0.25, 0.3) is 0 Å². The van der Waals surface area contributed by atoms with Gasteiger partial charge in [0.15, 0.2) is 0 Å². The van der Waals surface area contributed by atoms with Crippen LogP contribution in [0.15, 0.2) is 97.1 Å². The number of nitrogens with zero attached hydrogens (tertiary/aromatic N) is 1. The number of rotatable bonds is 10. The normalized spacial score (nSPS) is 11.7. The van der Waals surface area contributed by atoms with Gasteiger partial charge in [-0.25, -0.2) is 4.79 Å². The van der Waals surface area contributed by atoms with Crippen LogP contribution in [-0.4, -0.2) is 6.03 Å². The lowest BCUT2D eigenvalue weighted by Crippen LogP contribution is -2.35. The van der Waals surface area contributed by atoms with Gasteiger partial charge >= 0.3 is 6.03 Å². The van der Waals surface area contributed by atoms with Crippen LogP contribution < -0.4 is 15.0 Å². The Labute approximate surface area is 235 Å². The van der Waals surface area contributed by atoms with E-state index in [-0.39, 0.29) is 7.46 Å². The van der Waals surface area contributed by atoms with Gasteiger partial charge in [0.05, 0.1) is 6.54 Å². The van der Waals surface area contributed by atoms with E-state index in [0.29, 0.717) is 25.0 Å². The van der Waals surface area contributed by atoms with E-state index >= 15 is 0 Å². The molecule has 0 heterocycles. The van der Waals surface area contributed by atoms with Crippen LogP contribution in [0.3, 0.4) is 0 Å². The number of para-hydroxylation sites is 1. The molecule has 0 spiro atoms. The van der Waals surface area contributed by atoms with Crippen molar-refractivity contribution in [3.8, 4) is 5.75 Å². The molecular weight excluding hydrogens is 480 g/mol. The maximum absolute atomic E-state index is 14.0. The highest BCUT2D eigenvalue weighted by molar-refractivity contribution is 6.02. The average molecular weight is 523 g/mol. The number of hydrogen-bond donors (Lipinski definition) is 1. The number of nitrogens with one attached hydrogen (secondary N) is 1. The molecule has 4 nitrogen and oxygen atoms in total. The molecule has 4 aromatic rings. The molecule has 0 saturated carbocycles. The van der Waals surface area contributed by atoms with E-state index in [0.717, 1.165) is 45.8 Å². The van der Waals surface area contributed by atoms with E-state index in [1.807, 2.05) is 71.6 Å². The zero-order valence-corrected chi connectivity index (χ0v) is 23.8. The third kappa shape index (κ3) is 7.29. The summed E-state index contributed by atoms with van der Waals surface area (Å²) in [6, 6.07) is 32.5. The van der Waals surface area contributed by atoms with Gasteiger partial charge in [-0.1, -0.05) is 106 Å². The molecule has 4 aromatic carbocycles. The first-order valence-corrected chi connectivity index (χ1v) is 13.9. The van der Waals surface area contributed by atoms with Crippen LogP contribution in [0.5, 0.6) is 5.75 Å². The predicted octanol–water partition coefficient (Wildman–Crippen LogP) is 9.70. The summed E-state index contributed by atoms with van der Waals surface area (Å²) in [4.78, 5) is 15.8. The molecule has 2 amide bonds. The van der Waals surface area contributed by atoms with E-state index in [1.54, 1.807) is 0 Å². The Morgan fingerprint density at radius 3 is 2.13 bits per heavy atom. The van der Waals surface area contributed by atoms with Gasteiger partial charge in [-0.15, -0.1) is 0 Å². The van der Waals surface area contributed by atoms with Gasteiger partial charge < -0.3 is 10.1 Å². The summed E-state index contributed by atoms with van der Waals surface area (Å²) in [7, 11) is 0. The summed E-state index contributed by atoms with van der Waals surface area (Å²) in [6.07, 6.45) is 1.00. The van der Waals surface area contributed by atoms with Crippen LogP contribution in [0.2, 0.25) is 0 Å². The van der Waals surface area contributed by atoms with Crippen molar-refractivity contribution < 1.29 is 11.0 Å². The molecule has 0 radical (unpaired) electrons. The Kier molecular flexibility index (Phi) is 9.43. The van der Waals surface area contributed by atoms with Gasteiger partial charge in [0.2, 0.25) is 0 Å². The summed E-state index contributed by atoms with van der Waals surface area (Å²) in [5.41, 5.74) is 7.44. The fourth-order valence-corrected chi connectivity index (χ4v) is 4.64. The molecule has 1 N–H and O–H groups in total. The first-order valence-electron chi connectivity index (χ1n) is 13.9. The lowest BCUT2D eigenvalue weighted by Gasteiger charge is -2.27. The number of carbonyl (C=O) groups excluding carboxylic acids is 1. The highest BCUT2D eigenvalue weighted by Gasteiger charge is 2.22. The van der Waals surface area contributed by atoms with Crippen molar-refractivity contribution in [1.29, 1.82) is 0 Å². The lowest BCUT2D eigenvalue weighted by molar-refractivity contribution is 0.256. The summed E-state index contributed by atoms with van der Waals surface area (Å²) in [5, 5.41) is 3.32. The molecule has 0 aromatic heterocycles. The second-order valence-corrected chi connectivity index (χ2v) is 10.5. The number of amides is 2. The Morgan fingerprint density at radius 2 is 1.49 bits per heavy atom. The first kappa shape index (κ1) is 28.0. The summed E-state index contributed by atoms with van der Waals surface area (Å²) in [6.45, 7) is 11.8. The molecule has 1 atom stereocenters. The third-order valence-electron chi connectivity index (χ3n) is 7.23. The van der Waals surface area contributed by atoms with Crippen molar-refractivity contribution in [2.45, 2.75) is 66.0 Å². The van der Waals surface area contributed by atoms with Crippen molar-refractivity contribution in [3.05, 3.63) is 125 Å². The fourth-order valence-electron chi connectivity index (χ4n) is 4.64. The SMILES string of the molecule is CCC(C)c1cccc(C(C)C)c1NC(=O)N(Cc1ccc(OCc2ccccc2)cc1)c1ccc(C)cc1.[HH]. The largest absolute Gasteiger partial charge is 0.489 e. The van der Waals surface area contributed by atoms with Crippen LogP contribution >= 0.6 is 0 Å². The van der Waals surface area contributed by atoms with Gasteiger partial charge in [-0.3, -0.25) is 4.90 Å². The van der Waals surface area contributed by atoms with Crippen LogP contribution in [0.1, 0.15) is 75.2 Å². The Morgan fingerprint density at radius 1 is 0.821 bits per heavy atom. The van der Waals surface area contributed by atoms with E-state index in [9.17, 15) is 4.79 Å². The number of hydrogen-bond acceptors (Lipinski definition) is 2. The Hall–Kier alpha value is -4.05. The second kappa shape index (κ2) is 13.1. The number of aryl methyl sites for hydroxylation is 1. The maximum Gasteiger partial charge on any atom is 0.326 e. The lowest BCUT2D eigenvalue weighted by atomic mass is 9.90. The van der Waals surface area contributed by atoms with E-state index in [4.69, 9.17) is 4.74 Å². The maximum atomic E-state index is 14.0. The number of benzene rings is 4. The van der Waals surface area contributed by atoms with E-state index in [2.05, 4.69) is 70.3 Å². The van der Waals surface area contributed by atoms with E-state index < -0.39 is 0 Å². The standard InChI is InChI=1S/C35H40N2O2.H2/c1-6-27(5)33-14-10-13-32(25(2)3)34(33)36-35(38)37(30-19-15-26(4)16-20-30)23-28-17-21-31(22-18-28)39-24-29-11-8-7-9-12-29;/h7-22,25,27H,6,23-24H2,1-5H3,(H,36,38);1H. The van der Waals surface area contributed by atoms with Crippen LogP contribution in [0, 0.1) is 6.92 Å². The highest BCUT2D eigenvalue weighted by atomic mass is 16.5. The molecule has 0 bridgehead atoms. The first-order chi connectivity index (χ1) is 18.9. The van der Waals surface area contributed by atoms with Crippen LogP contribution in [-0.2, 0) is 13.2 Å². The molecule has 0 aliphatic rings. The topological polar surface area (TPSA) is 41.6 Å². The predicted molar refractivity (Wildman–Crippen MR) is 165 cm³/mol. The minimum atomic E-state index is -0.138. The molecule has 0 saturated heterocycles. The molecule has 4 rings (SSSR count). The van der Waals surface area contributed by atoms with Crippen molar-refractivity contribution in [1.82, 2.24) is 0 Å². The number of anilines is 2. The number of carbonyl (C=O) groups is 1. The molecule has 0 fully saturated rings. The van der Waals surface area contributed by atoms with Crippen molar-refractivity contribution in [2.75, 3.05) is 10.2 Å². The van der Waals surface area contributed by atoms with Gasteiger partial charge in [0.1, 0.15) is 12.4 Å². The smallest absolute Gasteiger partial charge is 0.326 e. The van der Waals surface area contributed by atoms with Gasteiger partial charge in [0.25, 0.3) is 0 Å². The average Bonchev–Trinajstić information content (AvgIpc) is 2.96. The minimum absolute atomic E-state index is 0. The third-order valence-corrected chi connectivity index (χ3v) is 7.23. The molecule has 0 aliphatic heterocycles. The molecule has 39 heavy (non-hydrogen) atoms. The monoisotopic (exact) mass is 522 g/mol.